The molecule has 0 saturated heterocycles. The third-order valence-corrected chi connectivity index (χ3v) is 8.60. The molecule has 0 amide bonds. The van der Waals surface area contributed by atoms with Crippen molar-refractivity contribution in [2.75, 3.05) is 0 Å². The van der Waals surface area contributed by atoms with Crippen molar-refractivity contribution in [3.63, 3.8) is 0 Å². The minimum atomic E-state index is -0.726. The number of fused-ring (bicyclic) bond motifs is 6. The van der Waals surface area contributed by atoms with Crippen molar-refractivity contribution in [3.05, 3.63) is 170 Å². The van der Waals surface area contributed by atoms with E-state index < -0.39 is 78.2 Å². The quantitative estimate of drug-likeness (QED) is 0.186. The molecule has 0 N–H and O–H groups in total. The molecular weight excluding hydrogens is 613 g/mol. The molecule has 3 aromatic heterocycles. The Balaban J connectivity index is 1.34. The summed E-state index contributed by atoms with van der Waals surface area (Å²) >= 11 is 0. The summed E-state index contributed by atoms with van der Waals surface area (Å²) in [4.78, 5) is 14.6. The summed E-state index contributed by atoms with van der Waals surface area (Å²) in [7, 11) is 0. The van der Waals surface area contributed by atoms with E-state index in [1.807, 2.05) is 84.9 Å². The van der Waals surface area contributed by atoms with Gasteiger partial charge in [0.2, 0.25) is 0 Å². The van der Waals surface area contributed by atoms with E-state index in [2.05, 4.69) is 0 Å². The van der Waals surface area contributed by atoms with Crippen LogP contribution in [0.25, 0.3) is 94.7 Å². The zero-order valence-corrected chi connectivity index (χ0v) is 25.9. The largest absolute Gasteiger partial charge is 0.455 e. The van der Waals surface area contributed by atoms with Crippen molar-refractivity contribution in [1.29, 1.82) is 0 Å². The van der Waals surface area contributed by atoms with Gasteiger partial charge in [-0.05, 0) is 53.5 Å². The molecule has 0 unspecified atom stereocenters. The first-order valence-corrected chi connectivity index (χ1v) is 15.7. The van der Waals surface area contributed by atoms with E-state index in [9.17, 15) is 4.11 Å². The Kier molecular flexibility index (Phi) is 4.24. The normalized spacial score (nSPS) is 15.0. The van der Waals surface area contributed by atoms with E-state index in [4.69, 9.17) is 31.7 Å². The second-order valence-electron chi connectivity index (χ2n) is 11.5. The number of nitrogens with zero attached hydrogens (tertiary/aromatic N) is 4. The molecule has 0 bridgehead atoms. The van der Waals surface area contributed by atoms with Gasteiger partial charge in [-0.2, -0.15) is 0 Å². The molecule has 0 aliphatic heterocycles. The molecule has 7 aromatic carbocycles. The molecule has 3 heterocycles. The average Bonchev–Trinajstić information content (AvgIpc) is 3.86. The van der Waals surface area contributed by atoms with E-state index in [-0.39, 0.29) is 44.8 Å². The molecule has 10 aromatic rings. The second-order valence-corrected chi connectivity index (χ2v) is 11.5. The molecule has 0 aliphatic rings. The van der Waals surface area contributed by atoms with E-state index >= 15 is 0 Å². The highest BCUT2D eigenvalue weighted by Crippen LogP contribution is 2.38. The number of aromatic nitrogens is 4. The lowest BCUT2D eigenvalue weighted by atomic mass is 10.0. The van der Waals surface area contributed by atoms with Crippen LogP contribution in [0.15, 0.2) is 174 Å². The molecule has 50 heavy (non-hydrogen) atoms. The Morgan fingerprint density at radius 1 is 0.480 bits per heavy atom. The maximum absolute atomic E-state index is 9.86. The summed E-state index contributed by atoms with van der Waals surface area (Å²) in [5.74, 6) is 0.0362. The maximum Gasteiger partial charge on any atom is 0.167 e. The van der Waals surface area contributed by atoms with Crippen LogP contribution in [-0.4, -0.2) is 19.5 Å². The van der Waals surface area contributed by atoms with Crippen molar-refractivity contribution in [2.24, 2.45) is 0 Å². The van der Waals surface area contributed by atoms with Crippen molar-refractivity contribution in [2.45, 2.75) is 0 Å². The van der Waals surface area contributed by atoms with E-state index in [0.29, 0.717) is 22.3 Å². The Labute approximate surface area is 304 Å². The molecule has 10 rings (SSSR count). The summed E-state index contributed by atoms with van der Waals surface area (Å²) < 4.78 is 114. The molecule has 0 saturated carbocycles. The van der Waals surface area contributed by atoms with Crippen molar-refractivity contribution in [3.8, 4) is 51.0 Å². The minimum Gasteiger partial charge on any atom is -0.455 e. The number of hydrogen-bond acceptors (Lipinski definition) is 4. The van der Waals surface area contributed by atoms with Crippen LogP contribution in [0.2, 0.25) is 0 Å². The molecule has 0 aliphatic carbocycles. The number of hydrogen-bond donors (Lipinski definition) is 0. The highest BCUT2D eigenvalue weighted by Gasteiger charge is 2.19. The van der Waals surface area contributed by atoms with Gasteiger partial charge >= 0.3 is 0 Å². The number of furan rings is 1. The zero-order chi connectivity index (χ0) is 43.5. The summed E-state index contributed by atoms with van der Waals surface area (Å²) in [5.41, 5.74) is 2.43. The fourth-order valence-corrected chi connectivity index (χ4v) is 6.33. The fourth-order valence-electron chi connectivity index (χ4n) is 6.33. The molecule has 0 atom stereocenters. The monoisotopic (exact) mass is 652 g/mol. The summed E-state index contributed by atoms with van der Waals surface area (Å²) in [5, 5.41) is 1.13. The molecule has 234 valence electrons. The van der Waals surface area contributed by atoms with Crippen LogP contribution in [0.3, 0.4) is 0 Å². The molecule has 0 spiro atoms. The molecule has 0 fully saturated rings. The Bertz CT molecular complexity index is 3540. The van der Waals surface area contributed by atoms with Crippen LogP contribution >= 0.6 is 0 Å². The molecular formula is C45H28N4O. The van der Waals surface area contributed by atoms with Gasteiger partial charge in [0, 0.05) is 38.4 Å². The van der Waals surface area contributed by atoms with Gasteiger partial charge in [0.25, 0.3) is 0 Å². The summed E-state index contributed by atoms with van der Waals surface area (Å²) in [6.45, 7) is 0. The van der Waals surface area contributed by atoms with Gasteiger partial charge in [-0.1, -0.05) is 127 Å². The summed E-state index contributed by atoms with van der Waals surface area (Å²) in [6, 6.07) is 22.3. The van der Waals surface area contributed by atoms with Crippen LogP contribution in [0, 0.1) is 0 Å². The first kappa shape index (κ1) is 18.6. The molecule has 0 radical (unpaired) electrons. The molecule has 5 nitrogen and oxygen atoms in total. The van der Waals surface area contributed by atoms with Gasteiger partial charge in [-0.15, -0.1) is 0 Å². The van der Waals surface area contributed by atoms with Gasteiger partial charge in [-0.25, -0.2) is 15.0 Å². The van der Waals surface area contributed by atoms with E-state index in [1.165, 1.54) is 0 Å². The highest BCUT2D eigenvalue weighted by atomic mass is 16.3. The lowest BCUT2D eigenvalue weighted by Crippen LogP contribution is -2.01. The Morgan fingerprint density at radius 2 is 1.16 bits per heavy atom. The first-order valence-electron chi connectivity index (χ1n) is 21.7. The van der Waals surface area contributed by atoms with E-state index in [1.54, 1.807) is 12.1 Å². The number of para-hydroxylation sites is 4. The standard InChI is InChI=1S/C45H28N4O/c1-3-13-29(14-4-1)30-15-11-16-31(27-30)43-46-44(48-45(47-43)38-22-12-21-37-36-20-8-10-24-41(36)50-42(37)38)32-25-26-35-34-19-7-9-23-39(34)49(40(35)28-32)33-17-5-2-6-18-33/h1-28H/i2D,5D,6D,7D,9D,17D,18D,19D,23D,25D,26D,28D. The fraction of sp³-hybridized carbons (Fsp3) is 0. The zero-order valence-electron chi connectivity index (χ0n) is 37.9. The molecule has 5 heteroatoms. The minimum absolute atomic E-state index is 0.107. The third kappa shape index (κ3) is 4.60. The van der Waals surface area contributed by atoms with Crippen molar-refractivity contribution >= 4 is 43.7 Å². The lowest BCUT2D eigenvalue weighted by molar-refractivity contribution is 0.669. The van der Waals surface area contributed by atoms with Crippen molar-refractivity contribution in [1.82, 2.24) is 19.5 Å². The Morgan fingerprint density at radius 3 is 2.06 bits per heavy atom. The van der Waals surface area contributed by atoms with Gasteiger partial charge in [-0.3, -0.25) is 0 Å². The second kappa shape index (κ2) is 11.4. The average molecular weight is 653 g/mol. The topological polar surface area (TPSA) is 56.7 Å². The van der Waals surface area contributed by atoms with Gasteiger partial charge in [0.1, 0.15) is 11.2 Å². The predicted molar refractivity (Wildman–Crippen MR) is 203 cm³/mol. The smallest absolute Gasteiger partial charge is 0.167 e. The predicted octanol–water partition coefficient (Wildman–Crippen LogP) is 11.5. The van der Waals surface area contributed by atoms with Crippen LogP contribution in [-0.2, 0) is 0 Å². The van der Waals surface area contributed by atoms with Crippen LogP contribution < -0.4 is 0 Å². The number of rotatable bonds is 5. The third-order valence-electron chi connectivity index (χ3n) is 8.60. The van der Waals surface area contributed by atoms with Crippen LogP contribution in [0.4, 0.5) is 0 Å². The highest BCUT2D eigenvalue weighted by molar-refractivity contribution is 6.11. The Hall–Kier alpha value is -6.85. The SMILES string of the molecule is [2H]c1c([2H])c([2H])c(-n2c3c([2H])c([2H])c([2H])c([2H])c3c3c([2H])c([2H])c(-c4nc(-c5cccc(-c6ccccc6)c5)nc(-c5cccc6c5oc5ccccc56)n4)c([2H])c32)c([2H])c1[2H]. The number of benzene rings is 7. The van der Waals surface area contributed by atoms with Gasteiger partial charge in [0.15, 0.2) is 17.5 Å². The lowest BCUT2D eigenvalue weighted by Gasteiger charge is -2.11. The van der Waals surface area contributed by atoms with Gasteiger partial charge < -0.3 is 8.98 Å². The van der Waals surface area contributed by atoms with Crippen molar-refractivity contribution < 1.29 is 20.9 Å². The van der Waals surface area contributed by atoms with Gasteiger partial charge in [0.05, 0.1) is 33.0 Å². The summed E-state index contributed by atoms with van der Waals surface area (Å²) in [6.07, 6.45) is 0. The first-order chi connectivity index (χ1) is 29.8. The van der Waals surface area contributed by atoms with E-state index in [0.717, 1.165) is 26.5 Å². The van der Waals surface area contributed by atoms with Crippen LogP contribution in [0.1, 0.15) is 16.4 Å². The van der Waals surface area contributed by atoms with Crippen LogP contribution in [0.5, 0.6) is 0 Å². The maximum atomic E-state index is 9.86.